The standard InChI is InChI=1S/C10H15N5O3S2/c1-4-10(5-2,6-11)15-20(17,18)9-14-13-8(19-9)12-7(3)16/h15H,4-5H2,1-3H3,(H,12,13,16). The van der Waals surface area contributed by atoms with E-state index in [0.717, 1.165) is 11.3 Å². The van der Waals surface area contributed by atoms with Crippen LogP contribution in [0.2, 0.25) is 0 Å². The van der Waals surface area contributed by atoms with Crippen LogP contribution in [0.1, 0.15) is 33.6 Å². The zero-order valence-electron chi connectivity index (χ0n) is 11.3. The van der Waals surface area contributed by atoms with Gasteiger partial charge < -0.3 is 5.32 Å². The van der Waals surface area contributed by atoms with Crippen LogP contribution < -0.4 is 10.0 Å². The third kappa shape index (κ3) is 3.72. The Morgan fingerprint density at radius 3 is 2.45 bits per heavy atom. The van der Waals surface area contributed by atoms with Crippen molar-refractivity contribution in [3.8, 4) is 6.07 Å². The van der Waals surface area contributed by atoms with E-state index in [9.17, 15) is 13.2 Å². The third-order valence-corrected chi connectivity index (χ3v) is 5.41. The molecule has 0 aliphatic heterocycles. The van der Waals surface area contributed by atoms with Gasteiger partial charge in [0.2, 0.25) is 15.4 Å². The van der Waals surface area contributed by atoms with Crippen molar-refractivity contribution < 1.29 is 13.2 Å². The molecule has 0 fully saturated rings. The molecule has 0 aliphatic rings. The molecule has 0 saturated heterocycles. The van der Waals surface area contributed by atoms with Crippen LogP contribution in [0, 0.1) is 11.3 Å². The minimum Gasteiger partial charge on any atom is -0.301 e. The van der Waals surface area contributed by atoms with Crippen molar-refractivity contribution in [1.29, 1.82) is 5.26 Å². The molecule has 0 radical (unpaired) electrons. The van der Waals surface area contributed by atoms with Crippen molar-refractivity contribution in [2.45, 2.75) is 43.5 Å². The number of nitrogens with zero attached hydrogens (tertiary/aromatic N) is 3. The molecule has 0 atom stereocenters. The molecule has 0 saturated carbocycles. The van der Waals surface area contributed by atoms with Crippen LogP contribution in [0.15, 0.2) is 4.34 Å². The zero-order chi connectivity index (χ0) is 15.4. The summed E-state index contributed by atoms with van der Waals surface area (Å²) in [6, 6.07) is 1.98. The van der Waals surface area contributed by atoms with Gasteiger partial charge in [-0.1, -0.05) is 25.2 Å². The van der Waals surface area contributed by atoms with Gasteiger partial charge in [-0.2, -0.15) is 9.98 Å². The second kappa shape index (κ2) is 6.25. The van der Waals surface area contributed by atoms with E-state index in [1.807, 2.05) is 6.07 Å². The first-order chi connectivity index (χ1) is 9.28. The van der Waals surface area contributed by atoms with Crippen molar-refractivity contribution in [2.24, 2.45) is 0 Å². The van der Waals surface area contributed by atoms with Gasteiger partial charge in [0.25, 0.3) is 10.0 Å². The molecule has 1 aromatic heterocycles. The van der Waals surface area contributed by atoms with Gasteiger partial charge in [-0.05, 0) is 12.8 Å². The van der Waals surface area contributed by atoms with Gasteiger partial charge in [-0.3, -0.25) is 4.79 Å². The second-order valence-electron chi connectivity index (χ2n) is 4.06. The normalized spacial score (nSPS) is 11.9. The van der Waals surface area contributed by atoms with Crippen LogP contribution in [0.4, 0.5) is 5.13 Å². The Balaban J connectivity index is 3.03. The molecular formula is C10H15N5O3S2. The highest BCUT2D eigenvalue weighted by Crippen LogP contribution is 2.23. The van der Waals surface area contributed by atoms with E-state index in [4.69, 9.17) is 5.26 Å². The number of hydrogen-bond acceptors (Lipinski definition) is 7. The molecule has 1 heterocycles. The molecule has 2 N–H and O–H groups in total. The van der Waals surface area contributed by atoms with Crippen molar-refractivity contribution in [1.82, 2.24) is 14.9 Å². The highest BCUT2D eigenvalue weighted by atomic mass is 32.2. The quantitative estimate of drug-likeness (QED) is 0.750. The molecule has 8 nitrogen and oxygen atoms in total. The van der Waals surface area contributed by atoms with Gasteiger partial charge in [0, 0.05) is 6.92 Å². The molecule has 110 valence electrons. The summed E-state index contributed by atoms with van der Waals surface area (Å²) < 4.78 is 26.4. The number of nitrogens with one attached hydrogen (secondary N) is 2. The lowest BCUT2D eigenvalue weighted by Crippen LogP contribution is -2.46. The molecule has 20 heavy (non-hydrogen) atoms. The highest BCUT2D eigenvalue weighted by Gasteiger charge is 2.34. The summed E-state index contributed by atoms with van der Waals surface area (Å²) in [5.41, 5.74) is -1.17. The molecule has 0 aromatic carbocycles. The number of hydrogen-bond donors (Lipinski definition) is 2. The maximum atomic E-state index is 12.2. The molecule has 1 amide bonds. The molecular weight excluding hydrogens is 302 g/mol. The summed E-state index contributed by atoms with van der Waals surface area (Å²) in [7, 11) is -3.95. The van der Waals surface area contributed by atoms with Crippen LogP contribution in [-0.2, 0) is 14.8 Å². The van der Waals surface area contributed by atoms with Gasteiger partial charge in [-0.15, -0.1) is 10.2 Å². The van der Waals surface area contributed by atoms with Gasteiger partial charge in [-0.25, -0.2) is 8.42 Å². The lowest BCUT2D eigenvalue weighted by Gasteiger charge is -2.23. The first-order valence-electron chi connectivity index (χ1n) is 5.85. The van der Waals surface area contributed by atoms with Crippen molar-refractivity contribution in [3.63, 3.8) is 0 Å². The first-order valence-corrected chi connectivity index (χ1v) is 8.15. The maximum Gasteiger partial charge on any atom is 0.271 e. The fraction of sp³-hybridized carbons (Fsp3) is 0.600. The Kier molecular flexibility index (Phi) is 5.15. The number of carbonyl (C=O) groups excluding carboxylic acids is 1. The van der Waals surface area contributed by atoms with Crippen LogP contribution in [0.25, 0.3) is 0 Å². The number of amides is 1. The number of carbonyl (C=O) groups is 1. The van der Waals surface area contributed by atoms with Crippen LogP contribution in [0.5, 0.6) is 0 Å². The summed E-state index contributed by atoms with van der Waals surface area (Å²) in [6.07, 6.45) is 0.660. The predicted molar refractivity (Wildman–Crippen MR) is 73.5 cm³/mol. The molecule has 1 aromatic rings. The highest BCUT2D eigenvalue weighted by molar-refractivity contribution is 7.91. The molecule has 1 rings (SSSR count). The molecule has 0 aliphatic carbocycles. The predicted octanol–water partition coefficient (Wildman–Crippen LogP) is 0.857. The molecule has 0 unspecified atom stereocenters. The average Bonchev–Trinajstić information content (AvgIpc) is 2.84. The van der Waals surface area contributed by atoms with E-state index in [0.29, 0.717) is 12.8 Å². The molecule has 0 spiro atoms. The van der Waals surface area contributed by atoms with E-state index in [2.05, 4.69) is 20.2 Å². The number of rotatable bonds is 6. The van der Waals surface area contributed by atoms with Crippen LogP contribution in [0.3, 0.4) is 0 Å². The van der Waals surface area contributed by atoms with Crippen molar-refractivity contribution in [3.05, 3.63) is 0 Å². The van der Waals surface area contributed by atoms with Gasteiger partial charge in [0.1, 0.15) is 5.54 Å². The van der Waals surface area contributed by atoms with Gasteiger partial charge >= 0.3 is 0 Å². The number of nitriles is 1. The fourth-order valence-electron chi connectivity index (χ4n) is 1.40. The van der Waals surface area contributed by atoms with E-state index < -0.39 is 15.6 Å². The maximum absolute atomic E-state index is 12.2. The van der Waals surface area contributed by atoms with Crippen molar-refractivity contribution >= 4 is 32.4 Å². The molecule has 0 bridgehead atoms. The Bertz CT molecular complexity index is 628. The smallest absolute Gasteiger partial charge is 0.271 e. The summed E-state index contributed by atoms with van der Waals surface area (Å²) in [5.74, 6) is -0.369. The number of anilines is 1. The van der Waals surface area contributed by atoms with Gasteiger partial charge in [0.05, 0.1) is 6.07 Å². The average molecular weight is 317 g/mol. The minimum absolute atomic E-state index is 0.0911. The Hall–Kier alpha value is -1.57. The Morgan fingerprint density at radius 2 is 2.00 bits per heavy atom. The van der Waals surface area contributed by atoms with Crippen LogP contribution in [-0.4, -0.2) is 30.1 Å². The fourth-order valence-corrected chi connectivity index (χ4v) is 3.80. The lowest BCUT2D eigenvalue weighted by molar-refractivity contribution is -0.114. The lowest BCUT2D eigenvalue weighted by atomic mass is 9.97. The van der Waals surface area contributed by atoms with Crippen molar-refractivity contribution in [2.75, 3.05) is 5.32 Å². The summed E-state index contributed by atoms with van der Waals surface area (Å²) in [4.78, 5) is 10.9. The van der Waals surface area contributed by atoms with E-state index in [1.165, 1.54) is 6.92 Å². The van der Waals surface area contributed by atoms with E-state index in [1.54, 1.807) is 13.8 Å². The Labute approximate surface area is 121 Å². The largest absolute Gasteiger partial charge is 0.301 e. The summed E-state index contributed by atoms with van der Waals surface area (Å²) in [6.45, 7) is 4.72. The number of sulfonamides is 1. The van der Waals surface area contributed by atoms with E-state index in [-0.39, 0.29) is 15.4 Å². The zero-order valence-corrected chi connectivity index (χ0v) is 12.9. The third-order valence-electron chi connectivity index (χ3n) is 2.67. The van der Waals surface area contributed by atoms with E-state index >= 15 is 0 Å². The topological polar surface area (TPSA) is 125 Å². The molecule has 10 heteroatoms. The minimum atomic E-state index is -3.95. The summed E-state index contributed by atoms with van der Waals surface area (Å²) >= 11 is 0.726. The van der Waals surface area contributed by atoms with Gasteiger partial charge in [0.15, 0.2) is 0 Å². The number of aromatic nitrogens is 2. The SMILES string of the molecule is CCC(C#N)(CC)NS(=O)(=O)c1nnc(NC(C)=O)s1. The monoisotopic (exact) mass is 317 g/mol. The Morgan fingerprint density at radius 1 is 1.40 bits per heavy atom. The first kappa shape index (κ1) is 16.5. The second-order valence-corrected chi connectivity index (χ2v) is 6.89. The summed E-state index contributed by atoms with van der Waals surface area (Å²) in [5, 5.41) is 18.7. The van der Waals surface area contributed by atoms with Crippen LogP contribution >= 0.6 is 11.3 Å².